The lowest BCUT2D eigenvalue weighted by atomic mass is 10.1. The summed E-state index contributed by atoms with van der Waals surface area (Å²) >= 11 is 0. The summed E-state index contributed by atoms with van der Waals surface area (Å²) < 4.78 is 20.3. The van der Waals surface area contributed by atoms with Gasteiger partial charge in [-0.3, -0.25) is 0 Å². The minimum absolute atomic E-state index is 0.190. The van der Waals surface area contributed by atoms with Crippen LogP contribution in [0.1, 0.15) is 20.7 Å². The molecule has 1 rings (SSSR count). The molecule has 0 atom stereocenters. The zero-order valence-corrected chi connectivity index (χ0v) is 10.6. The van der Waals surface area contributed by atoms with E-state index in [-0.39, 0.29) is 11.1 Å². The van der Waals surface area contributed by atoms with Crippen LogP contribution in [0.2, 0.25) is 0 Å². The second-order valence-corrected chi connectivity index (χ2v) is 4.92. The molecular formula is C12H12O6S. The number of hydrogen-bond donors (Lipinski definition) is 2. The minimum Gasteiger partial charge on any atom is -0.478 e. The fourth-order valence-corrected chi connectivity index (χ4v) is 1.06. The Balaban J connectivity index is 0.000000399. The zero-order valence-electron chi connectivity index (χ0n) is 9.81. The fraction of sp³-hybridized carbons (Fsp3) is 0. The quantitative estimate of drug-likeness (QED) is 0.872. The normalized spacial score (nSPS) is 9.68. The van der Waals surface area contributed by atoms with Crippen LogP contribution in [0.4, 0.5) is 0 Å². The van der Waals surface area contributed by atoms with E-state index in [9.17, 15) is 18.0 Å². The van der Waals surface area contributed by atoms with Crippen molar-refractivity contribution in [1.82, 2.24) is 0 Å². The maximum Gasteiger partial charge on any atom is 0.336 e. The van der Waals surface area contributed by atoms with Gasteiger partial charge < -0.3 is 10.2 Å². The highest BCUT2D eigenvalue weighted by atomic mass is 32.2. The predicted molar refractivity (Wildman–Crippen MR) is 69.7 cm³/mol. The fourth-order valence-electron chi connectivity index (χ4n) is 0.924. The molecule has 0 aromatic heterocycles. The molecule has 0 heterocycles. The zero-order chi connectivity index (χ0) is 15.1. The lowest BCUT2D eigenvalue weighted by Gasteiger charge is -1.98. The van der Waals surface area contributed by atoms with E-state index in [1.54, 1.807) is 0 Å². The van der Waals surface area contributed by atoms with Gasteiger partial charge in [-0.05, 0) is 12.1 Å². The Morgan fingerprint density at radius 2 is 1.26 bits per heavy atom. The molecular weight excluding hydrogens is 272 g/mol. The summed E-state index contributed by atoms with van der Waals surface area (Å²) in [4.78, 5) is 20.9. The van der Waals surface area contributed by atoms with Crippen LogP contribution in [0.15, 0.2) is 48.2 Å². The number of carbonyl (C=O) groups is 2. The molecule has 0 bridgehead atoms. The topological polar surface area (TPSA) is 109 Å². The summed E-state index contributed by atoms with van der Waals surface area (Å²) in [6.07, 6.45) is 0. The Morgan fingerprint density at radius 3 is 1.42 bits per heavy atom. The molecule has 1 aromatic carbocycles. The van der Waals surface area contributed by atoms with Crippen molar-refractivity contribution in [2.75, 3.05) is 0 Å². The van der Waals surface area contributed by atoms with Crippen LogP contribution in [0.5, 0.6) is 0 Å². The number of sulfone groups is 1. The molecule has 0 amide bonds. The van der Waals surface area contributed by atoms with Gasteiger partial charge in [-0.2, -0.15) is 0 Å². The summed E-state index contributed by atoms with van der Waals surface area (Å²) in [6.45, 7) is 6.09. The van der Waals surface area contributed by atoms with Crippen molar-refractivity contribution in [3.05, 3.63) is 59.4 Å². The van der Waals surface area contributed by atoms with Gasteiger partial charge in [-0.15, -0.1) is 0 Å². The van der Waals surface area contributed by atoms with Crippen LogP contribution in [0.25, 0.3) is 0 Å². The molecule has 0 saturated carbocycles. The van der Waals surface area contributed by atoms with Crippen molar-refractivity contribution in [1.29, 1.82) is 0 Å². The molecule has 0 unspecified atom stereocenters. The van der Waals surface area contributed by atoms with Crippen LogP contribution in [0.3, 0.4) is 0 Å². The Labute approximate surface area is 110 Å². The number of carboxylic acid groups (broad SMARTS) is 2. The van der Waals surface area contributed by atoms with E-state index in [4.69, 9.17) is 10.2 Å². The van der Waals surface area contributed by atoms with Crippen molar-refractivity contribution >= 4 is 21.8 Å². The third-order valence-electron chi connectivity index (χ3n) is 1.85. The third-order valence-corrected chi connectivity index (χ3v) is 2.78. The Kier molecular flexibility index (Phi) is 6.22. The van der Waals surface area contributed by atoms with Crippen molar-refractivity contribution in [3.63, 3.8) is 0 Å². The van der Waals surface area contributed by atoms with Crippen LogP contribution in [-0.4, -0.2) is 30.6 Å². The summed E-state index contributed by atoms with van der Waals surface area (Å²) in [5.74, 6) is -2.46. The average molecular weight is 284 g/mol. The first kappa shape index (κ1) is 16.6. The molecule has 0 spiro atoms. The maximum atomic E-state index is 10.5. The van der Waals surface area contributed by atoms with E-state index in [0.29, 0.717) is 0 Å². The maximum absolute atomic E-state index is 10.5. The average Bonchev–Trinajstić information content (AvgIpc) is 2.39. The highest BCUT2D eigenvalue weighted by molar-refractivity contribution is 7.97. The molecule has 1 aromatic rings. The smallest absolute Gasteiger partial charge is 0.336 e. The number of carboxylic acids is 2. The van der Waals surface area contributed by atoms with Crippen molar-refractivity contribution < 1.29 is 28.2 Å². The lowest BCUT2D eigenvalue weighted by molar-refractivity contribution is 0.0651. The molecule has 19 heavy (non-hydrogen) atoms. The van der Waals surface area contributed by atoms with Gasteiger partial charge in [-0.1, -0.05) is 25.3 Å². The molecule has 0 saturated heterocycles. The van der Waals surface area contributed by atoms with Gasteiger partial charge in [0.25, 0.3) is 0 Å². The van der Waals surface area contributed by atoms with Crippen LogP contribution < -0.4 is 0 Å². The van der Waals surface area contributed by atoms with Crippen LogP contribution in [0, 0.1) is 0 Å². The van der Waals surface area contributed by atoms with E-state index in [1.165, 1.54) is 24.3 Å². The standard InChI is InChI=1S/C8H6O4.C4H6O2S/c9-7(10)5-3-1-2-4-6(5)8(11)12;1-3-7(5,6)4-2/h1-4H,(H,9,10)(H,11,12);3-4H,1-2H2. The van der Waals surface area contributed by atoms with Gasteiger partial charge in [0, 0.05) is 10.8 Å². The second kappa shape index (κ2) is 7.12. The highest BCUT2D eigenvalue weighted by Crippen LogP contribution is 2.07. The van der Waals surface area contributed by atoms with Crippen LogP contribution in [-0.2, 0) is 9.84 Å². The van der Waals surface area contributed by atoms with Crippen LogP contribution >= 0.6 is 0 Å². The number of rotatable bonds is 4. The van der Waals surface area contributed by atoms with Gasteiger partial charge in [0.05, 0.1) is 11.1 Å². The van der Waals surface area contributed by atoms with Crippen molar-refractivity contribution in [2.24, 2.45) is 0 Å². The first-order valence-electron chi connectivity index (χ1n) is 4.80. The number of aromatic carboxylic acids is 2. The van der Waals surface area contributed by atoms with E-state index in [0.717, 1.165) is 10.8 Å². The highest BCUT2D eigenvalue weighted by Gasteiger charge is 2.13. The molecule has 0 aliphatic carbocycles. The molecule has 102 valence electrons. The molecule has 6 nitrogen and oxygen atoms in total. The monoisotopic (exact) mass is 284 g/mol. The largest absolute Gasteiger partial charge is 0.478 e. The Morgan fingerprint density at radius 1 is 0.947 bits per heavy atom. The van der Waals surface area contributed by atoms with E-state index in [2.05, 4.69) is 13.2 Å². The van der Waals surface area contributed by atoms with Crippen molar-refractivity contribution in [2.45, 2.75) is 0 Å². The van der Waals surface area contributed by atoms with Crippen molar-refractivity contribution in [3.8, 4) is 0 Å². The minimum atomic E-state index is -3.13. The number of benzene rings is 1. The third kappa shape index (κ3) is 5.64. The first-order chi connectivity index (χ1) is 8.75. The van der Waals surface area contributed by atoms with Gasteiger partial charge in [-0.25, -0.2) is 18.0 Å². The van der Waals surface area contributed by atoms with E-state index >= 15 is 0 Å². The first-order valence-corrected chi connectivity index (χ1v) is 6.41. The molecule has 0 radical (unpaired) electrons. The van der Waals surface area contributed by atoms with Gasteiger partial charge in [0.1, 0.15) is 0 Å². The molecule has 0 aliphatic heterocycles. The van der Waals surface area contributed by atoms with Gasteiger partial charge in [0.2, 0.25) is 0 Å². The van der Waals surface area contributed by atoms with E-state index < -0.39 is 21.8 Å². The lowest BCUT2D eigenvalue weighted by Crippen LogP contribution is -2.06. The Bertz CT molecular complexity index is 553. The van der Waals surface area contributed by atoms with E-state index in [1.807, 2.05) is 0 Å². The summed E-state index contributed by atoms with van der Waals surface area (Å²) in [6, 6.07) is 5.48. The predicted octanol–water partition coefficient (Wildman–Crippen LogP) is 1.77. The summed E-state index contributed by atoms with van der Waals surface area (Å²) in [5, 5.41) is 18.8. The SMILES string of the molecule is C=CS(=O)(=O)C=C.O=C(O)c1ccccc1C(=O)O. The molecule has 7 heteroatoms. The Hall–Kier alpha value is -2.41. The van der Waals surface area contributed by atoms with Gasteiger partial charge >= 0.3 is 11.9 Å². The summed E-state index contributed by atoms with van der Waals surface area (Å²) in [7, 11) is -3.13. The summed E-state index contributed by atoms with van der Waals surface area (Å²) in [5.41, 5.74) is -0.380. The number of hydrogen-bond acceptors (Lipinski definition) is 4. The van der Waals surface area contributed by atoms with Gasteiger partial charge in [0.15, 0.2) is 9.84 Å². The molecule has 2 N–H and O–H groups in total. The molecule has 0 aliphatic rings. The second-order valence-electron chi connectivity index (χ2n) is 3.08. The molecule has 0 fully saturated rings.